The molecule has 1 atom stereocenters. The highest BCUT2D eigenvalue weighted by atomic mass is 32.4. The van der Waals surface area contributed by atoms with Crippen molar-refractivity contribution in [2.75, 3.05) is 5.32 Å². The second-order valence-corrected chi connectivity index (χ2v) is 10.9. The number of nitrogens with one attached hydrogen (secondary N) is 1. The molecule has 2 N–H and O–H groups in total. The van der Waals surface area contributed by atoms with Gasteiger partial charge in [0.25, 0.3) is 0 Å². The van der Waals surface area contributed by atoms with E-state index in [2.05, 4.69) is 5.32 Å². The Morgan fingerprint density at radius 2 is 1.32 bits per heavy atom. The SMILES string of the molecule is CC(=O)c1ccc(NC(C(=O)O)P(=S)(c2ccccc2)c2ccccc2)cc1. The number of carbonyl (C=O) groups excluding carboxylic acids is 1. The quantitative estimate of drug-likeness (QED) is 0.459. The molecule has 142 valence electrons. The van der Waals surface area contributed by atoms with Gasteiger partial charge in [-0.05, 0) is 41.8 Å². The maximum atomic E-state index is 12.3. The summed E-state index contributed by atoms with van der Waals surface area (Å²) in [6.07, 6.45) is 0. The summed E-state index contributed by atoms with van der Waals surface area (Å²) in [5.41, 5.74) is 1.18. The molecule has 0 aliphatic rings. The average Bonchev–Trinajstić information content (AvgIpc) is 2.73. The van der Waals surface area contributed by atoms with Crippen LogP contribution in [0.3, 0.4) is 0 Å². The van der Waals surface area contributed by atoms with Gasteiger partial charge in [-0.1, -0.05) is 72.5 Å². The fourth-order valence-electron chi connectivity index (χ4n) is 3.01. The van der Waals surface area contributed by atoms with Gasteiger partial charge in [-0.25, -0.2) is 4.79 Å². The van der Waals surface area contributed by atoms with Crippen molar-refractivity contribution in [3.63, 3.8) is 0 Å². The second kappa shape index (κ2) is 8.51. The zero-order chi connectivity index (χ0) is 20.1. The summed E-state index contributed by atoms with van der Waals surface area (Å²) in [6.45, 7) is 1.49. The maximum Gasteiger partial charge on any atom is 0.332 e. The Morgan fingerprint density at radius 1 is 0.857 bits per heavy atom. The molecule has 0 bridgehead atoms. The largest absolute Gasteiger partial charge is 0.479 e. The van der Waals surface area contributed by atoms with Crippen molar-refractivity contribution < 1.29 is 14.7 Å². The first-order valence-electron chi connectivity index (χ1n) is 8.74. The van der Waals surface area contributed by atoms with E-state index in [0.717, 1.165) is 10.6 Å². The molecule has 0 heterocycles. The zero-order valence-electron chi connectivity index (χ0n) is 15.3. The van der Waals surface area contributed by atoms with E-state index < -0.39 is 17.8 Å². The minimum atomic E-state index is -2.73. The van der Waals surface area contributed by atoms with Gasteiger partial charge < -0.3 is 10.4 Å². The van der Waals surface area contributed by atoms with Crippen LogP contribution in [0.1, 0.15) is 17.3 Å². The number of rotatable bonds is 7. The molecule has 0 aromatic heterocycles. The van der Waals surface area contributed by atoms with Gasteiger partial charge in [0.2, 0.25) is 0 Å². The Hall–Kier alpha value is -2.75. The molecule has 0 amide bonds. The summed E-state index contributed by atoms with van der Waals surface area (Å²) in [5.74, 6) is -2.04. The molecule has 3 rings (SSSR count). The topological polar surface area (TPSA) is 66.4 Å². The van der Waals surface area contributed by atoms with E-state index in [4.69, 9.17) is 11.8 Å². The normalized spacial score (nSPS) is 12.2. The molecule has 0 saturated carbocycles. The summed E-state index contributed by atoms with van der Waals surface area (Å²) in [5, 5.41) is 14.9. The van der Waals surface area contributed by atoms with Crippen molar-refractivity contribution in [3.05, 3.63) is 90.5 Å². The molecular weight excluding hydrogens is 389 g/mol. The third-order valence-electron chi connectivity index (χ3n) is 4.47. The molecule has 0 saturated heterocycles. The van der Waals surface area contributed by atoms with Gasteiger partial charge in [-0.2, -0.15) is 0 Å². The molecule has 28 heavy (non-hydrogen) atoms. The summed E-state index contributed by atoms with van der Waals surface area (Å²) in [7, 11) is 0. The fourth-order valence-corrected chi connectivity index (χ4v) is 6.94. The Labute approximate surface area is 169 Å². The number of hydrogen-bond donors (Lipinski definition) is 2. The summed E-state index contributed by atoms with van der Waals surface area (Å²) < 4.78 is 0. The second-order valence-electron chi connectivity index (χ2n) is 6.35. The predicted octanol–water partition coefficient (Wildman–Crippen LogP) is 3.84. The van der Waals surface area contributed by atoms with E-state index in [1.807, 2.05) is 60.7 Å². The summed E-state index contributed by atoms with van der Waals surface area (Å²) >= 11 is 6.11. The van der Waals surface area contributed by atoms with Crippen LogP contribution in [0, 0.1) is 0 Å². The number of benzene rings is 3. The lowest BCUT2D eigenvalue weighted by Crippen LogP contribution is -2.37. The molecule has 0 aliphatic carbocycles. The van der Waals surface area contributed by atoms with Crippen molar-refractivity contribution >= 4 is 45.9 Å². The highest BCUT2D eigenvalue weighted by Crippen LogP contribution is 2.49. The number of carboxylic acid groups (broad SMARTS) is 1. The van der Waals surface area contributed by atoms with Crippen LogP contribution in [0.5, 0.6) is 0 Å². The summed E-state index contributed by atoms with van der Waals surface area (Å²) in [6, 6.07) is 22.9. The van der Waals surface area contributed by atoms with Crippen LogP contribution < -0.4 is 15.9 Å². The van der Waals surface area contributed by atoms with Crippen LogP contribution in [-0.2, 0) is 16.6 Å². The lowest BCUT2D eigenvalue weighted by Gasteiger charge is -2.30. The van der Waals surface area contributed by atoms with Crippen LogP contribution >= 0.6 is 6.04 Å². The predicted molar refractivity (Wildman–Crippen MR) is 118 cm³/mol. The van der Waals surface area contributed by atoms with Crippen LogP contribution in [0.4, 0.5) is 5.69 Å². The lowest BCUT2D eigenvalue weighted by molar-refractivity contribution is -0.135. The molecule has 0 spiro atoms. The number of anilines is 1. The van der Waals surface area contributed by atoms with Crippen LogP contribution in [0.2, 0.25) is 0 Å². The Kier molecular flexibility index (Phi) is 6.08. The Morgan fingerprint density at radius 3 is 1.71 bits per heavy atom. The van der Waals surface area contributed by atoms with Crippen molar-refractivity contribution in [3.8, 4) is 0 Å². The van der Waals surface area contributed by atoms with Crippen molar-refractivity contribution in [1.29, 1.82) is 0 Å². The fraction of sp³-hybridized carbons (Fsp3) is 0.0909. The summed E-state index contributed by atoms with van der Waals surface area (Å²) in [4.78, 5) is 23.8. The molecule has 6 heteroatoms. The monoisotopic (exact) mass is 409 g/mol. The molecule has 1 unspecified atom stereocenters. The van der Waals surface area contributed by atoms with Gasteiger partial charge >= 0.3 is 5.97 Å². The van der Waals surface area contributed by atoms with Crippen LogP contribution in [-0.4, -0.2) is 22.6 Å². The minimum absolute atomic E-state index is 0.0416. The van der Waals surface area contributed by atoms with E-state index in [-0.39, 0.29) is 5.78 Å². The first-order valence-corrected chi connectivity index (χ1v) is 11.6. The maximum absolute atomic E-state index is 12.3. The number of carboxylic acids is 1. The first-order chi connectivity index (χ1) is 13.4. The molecular formula is C22H20NO3PS. The van der Waals surface area contributed by atoms with Gasteiger partial charge in [-0.15, -0.1) is 0 Å². The smallest absolute Gasteiger partial charge is 0.332 e. The Balaban J connectivity index is 2.09. The van der Waals surface area contributed by atoms with Crippen LogP contribution in [0.15, 0.2) is 84.9 Å². The van der Waals surface area contributed by atoms with Gasteiger partial charge in [0.15, 0.2) is 11.6 Å². The Bertz CT molecular complexity index is 977. The number of Topliss-reactive ketones (excluding diaryl/α,β-unsaturated/α-hetero) is 1. The average molecular weight is 409 g/mol. The molecule has 4 nitrogen and oxygen atoms in total. The number of hydrogen-bond acceptors (Lipinski definition) is 4. The highest BCUT2D eigenvalue weighted by Gasteiger charge is 2.37. The molecule has 3 aromatic rings. The van der Waals surface area contributed by atoms with Crippen molar-refractivity contribution in [2.45, 2.75) is 12.7 Å². The molecule has 0 radical (unpaired) electrons. The van der Waals surface area contributed by atoms with E-state index in [1.54, 1.807) is 24.3 Å². The van der Waals surface area contributed by atoms with Crippen molar-refractivity contribution in [2.24, 2.45) is 0 Å². The molecule has 0 aliphatic heterocycles. The van der Waals surface area contributed by atoms with Crippen molar-refractivity contribution in [1.82, 2.24) is 0 Å². The highest BCUT2D eigenvalue weighted by molar-refractivity contribution is 8.22. The minimum Gasteiger partial charge on any atom is -0.479 e. The number of ketones is 1. The van der Waals surface area contributed by atoms with E-state index in [0.29, 0.717) is 11.3 Å². The number of aliphatic carboxylic acids is 1. The third-order valence-corrected chi connectivity index (χ3v) is 9.58. The standard InChI is InChI=1S/C22H20NO3PS/c1-16(24)17-12-14-18(15-13-17)23-21(22(25)26)27(28,19-8-4-2-5-9-19)20-10-6-3-7-11-20/h2-15,21,23H,1H3,(H,25,26). The van der Waals surface area contributed by atoms with E-state index in [9.17, 15) is 14.7 Å². The van der Waals surface area contributed by atoms with Gasteiger partial charge in [0.05, 0.1) is 0 Å². The molecule has 0 fully saturated rings. The van der Waals surface area contributed by atoms with Gasteiger partial charge in [-0.3, -0.25) is 4.79 Å². The van der Waals surface area contributed by atoms with E-state index in [1.165, 1.54) is 6.92 Å². The van der Waals surface area contributed by atoms with E-state index >= 15 is 0 Å². The molecule has 3 aromatic carbocycles. The van der Waals surface area contributed by atoms with Gasteiger partial charge in [0, 0.05) is 17.3 Å². The zero-order valence-corrected chi connectivity index (χ0v) is 17.0. The van der Waals surface area contributed by atoms with Gasteiger partial charge in [0.1, 0.15) is 0 Å². The number of carbonyl (C=O) groups is 2. The third kappa shape index (κ3) is 4.06. The lowest BCUT2D eigenvalue weighted by atomic mass is 10.1. The van der Waals surface area contributed by atoms with Crippen LogP contribution in [0.25, 0.3) is 0 Å². The first kappa shape index (κ1) is 20.0.